The van der Waals surface area contributed by atoms with Crippen molar-refractivity contribution >= 4 is 46.6 Å². The highest BCUT2D eigenvalue weighted by Gasteiger charge is 2.18. The van der Waals surface area contributed by atoms with Crippen molar-refractivity contribution in [3.8, 4) is 5.75 Å². The lowest BCUT2D eigenvalue weighted by atomic mass is 10.2. The van der Waals surface area contributed by atoms with Crippen molar-refractivity contribution in [3.05, 3.63) is 52.0 Å². The summed E-state index contributed by atoms with van der Waals surface area (Å²) in [6.45, 7) is 8.25. The molecule has 0 aromatic heterocycles. The van der Waals surface area contributed by atoms with E-state index in [1.807, 2.05) is 6.07 Å². The minimum absolute atomic E-state index is 0.250. The number of ether oxygens (including phenoxy) is 3. The van der Waals surface area contributed by atoms with Crippen LogP contribution in [0.5, 0.6) is 5.75 Å². The van der Waals surface area contributed by atoms with E-state index in [-0.39, 0.29) is 12.4 Å². The number of carbonyl (C=O) groups excluding carboxylic acids is 2. The molecule has 1 amide bonds. The van der Waals surface area contributed by atoms with Crippen LogP contribution in [0, 0.1) is 0 Å². The van der Waals surface area contributed by atoms with Gasteiger partial charge in [-0.2, -0.15) is 0 Å². The first-order valence-corrected chi connectivity index (χ1v) is 11.4. The Labute approximate surface area is 204 Å². The Morgan fingerprint density at radius 3 is 2.45 bits per heavy atom. The van der Waals surface area contributed by atoms with Gasteiger partial charge in [-0.1, -0.05) is 29.3 Å². The molecule has 0 atom stereocenters. The molecule has 0 saturated carbocycles. The third kappa shape index (κ3) is 9.80. The van der Waals surface area contributed by atoms with Gasteiger partial charge in [0, 0.05) is 29.1 Å². The van der Waals surface area contributed by atoms with E-state index in [2.05, 4.69) is 10.6 Å². The Kier molecular flexibility index (Phi) is 10.1. The molecule has 0 aliphatic rings. The zero-order chi connectivity index (χ0) is 24.4. The zero-order valence-corrected chi connectivity index (χ0v) is 20.8. The fourth-order valence-electron chi connectivity index (χ4n) is 2.78. The van der Waals surface area contributed by atoms with Crippen molar-refractivity contribution in [2.24, 2.45) is 0 Å². The Hall–Kier alpha value is -2.64. The monoisotopic (exact) mass is 496 g/mol. The van der Waals surface area contributed by atoms with E-state index < -0.39 is 11.7 Å². The average molecular weight is 497 g/mol. The van der Waals surface area contributed by atoms with Crippen molar-refractivity contribution in [2.45, 2.75) is 52.7 Å². The maximum Gasteiger partial charge on any atom is 0.412 e. The van der Waals surface area contributed by atoms with Crippen LogP contribution in [-0.2, 0) is 20.8 Å². The molecule has 0 aliphatic heterocycles. The van der Waals surface area contributed by atoms with E-state index in [0.29, 0.717) is 53.3 Å². The van der Waals surface area contributed by atoms with Crippen LogP contribution in [0.4, 0.5) is 16.2 Å². The first kappa shape index (κ1) is 26.6. The number of benzene rings is 2. The number of anilines is 2. The predicted molar refractivity (Wildman–Crippen MR) is 131 cm³/mol. The van der Waals surface area contributed by atoms with Crippen molar-refractivity contribution in [2.75, 3.05) is 23.8 Å². The van der Waals surface area contributed by atoms with Gasteiger partial charge in [-0.3, -0.25) is 10.1 Å². The van der Waals surface area contributed by atoms with E-state index in [1.165, 1.54) is 0 Å². The van der Waals surface area contributed by atoms with Gasteiger partial charge in [0.05, 0.1) is 24.6 Å². The van der Waals surface area contributed by atoms with Crippen LogP contribution in [0.3, 0.4) is 0 Å². The van der Waals surface area contributed by atoms with E-state index in [1.54, 1.807) is 58.0 Å². The van der Waals surface area contributed by atoms with Gasteiger partial charge in [-0.25, -0.2) is 4.79 Å². The van der Waals surface area contributed by atoms with Crippen LogP contribution < -0.4 is 15.4 Å². The molecule has 0 spiro atoms. The standard InChI is InChI=1S/C24H30Cl2N2O5/c1-5-31-22(29)7-6-12-32-18-10-11-20(28-23(30)33-24(2,3)4)21(14-18)27-15-16-8-9-17(25)13-19(16)26/h8-11,13-14,27H,5-7,12,15H2,1-4H3,(H,28,30). The number of halogens is 2. The summed E-state index contributed by atoms with van der Waals surface area (Å²) in [7, 11) is 0. The molecule has 180 valence electrons. The van der Waals surface area contributed by atoms with Crippen molar-refractivity contribution in [1.82, 2.24) is 0 Å². The van der Waals surface area contributed by atoms with Crippen molar-refractivity contribution < 1.29 is 23.8 Å². The first-order chi connectivity index (χ1) is 15.6. The number of nitrogens with one attached hydrogen (secondary N) is 2. The normalized spacial score (nSPS) is 11.0. The van der Waals surface area contributed by atoms with Crippen LogP contribution in [0.2, 0.25) is 10.0 Å². The highest BCUT2D eigenvalue weighted by atomic mass is 35.5. The van der Waals surface area contributed by atoms with Gasteiger partial charge in [0.15, 0.2) is 0 Å². The quantitative estimate of drug-likeness (QED) is 0.282. The summed E-state index contributed by atoms with van der Waals surface area (Å²) < 4.78 is 16.0. The molecule has 0 heterocycles. The molecule has 2 aromatic carbocycles. The van der Waals surface area contributed by atoms with Crippen LogP contribution in [0.1, 0.15) is 46.1 Å². The number of esters is 1. The maximum atomic E-state index is 12.3. The summed E-state index contributed by atoms with van der Waals surface area (Å²) in [5.74, 6) is 0.332. The largest absolute Gasteiger partial charge is 0.494 e. The number of amides is 1. The molecule has 0 radical (unpaired) electrons. The second-order valence-electron chi connectivity index (χ2n) is 8.18. The Bertz CT molecular complexity index is 960. The number of hydrogen-bond donors (Lipinski definition) is 2. The molecule has 0 fully saturated rings. The van der Waals surface area contributed by atoms with E-state index in [4.69, 9.17) is 37.4 Å². The van der Waals surface area contributed by atoms with Crippen LogP contribution in [0.25, 0.3) is 0 Å². The summed E-state index contributed by atoms with van der Waals surface area (Å²) in [6, 6.07) is 10.5. The van der Waals surface area contributed by atoms with Gasteiger partial charge in [0.2, 0.25) is 0 Å². The second-order valence-corrected chi connectivity index (χ2v) is 9.02. The molecule has 2 N–H and O–H groups in total. The fraction of sp³-hybridized carbons (Fsp3) is 0.417. The van der Waals surface area contributed by atoms with Crippen LogP contribution in [0.15, 0.2) is 36.4 Å². The minimum Gasteiger partial charge on any atom is -0.494 e. The molecule has 0 saturated heterocycles. The van der Waals surface area contributed by atoms with Crippen molar-refractivity contribution in [3.63, 3.8) is 0 Å². The third-order valence-corrected chi connectivity index (χ3v) is 4.80. The van der Waals surface area contributed by atoms with E-state index >= 15 is 0 Å². The average Bonchev–Trinajstić information content (AvgIpc) is 2.71. The molecule has 2 aromatic rings. The summed E-state index contributed by atoms with van der Waals surface area (Å²) in [4.78, 5) is 23.8. The van der Waals surface area contributed by atoms with Crippen LogP contribution in [-0.4, -0.2) is 30.9 Å². The van der Waals surface area contributed by atoms with Gasteiger partial charge in [0.25, 0.3) is 0 Å². The number of rotatable bonds is 10. The second kappa shape index (κ2) is 12.6. The Morgan fingerprint density at radius 2 is 1.79 bits per heavy atom. The molecule has 7 nitrogen and oxygen atoms in total. The van der Waals surface area contributed by atoms with Gasteiger partial charge in [0.1, 0.15) is 11.4 Å². The van der Waals surface area contributed by atoms with E-state index in [9.17, 15) is 9.59 Å². The molecule has 0 bridgehead atoms. The van der Waals surface area contributed by atoms with Gasteiger partial charge < -0.3 is 19.5 Å². The molecular weight excluding hydrogens is 467 g/mol. The molecule has 0 aliphatic carbocycles. The zero-order valence-electron chi connectivity index (χ0n) is 19.3. The minimum atomic E-state index is -0.628. The van der Waals surface area contributed by atoms with Gasteiger partial charge in [-0.15, -0.1) is 0 Å². The summed E-state index contributed by atoms with van der Waals surface area (Å²) >= 11 is 12.3. The molecular formula is C24H30Cl2N2O5. The lowest BCUT2D eigenvalue weighted by Gasteiger charge is -2.21. The summed E-state index contributed by atoms with van der Waals surface area (Å²) in [5, 5.41) is 7.11. The lowest BCUT2D eigenvalue weighted by Crippen LogP contribution is -2.27. The lowest BCUT2D eigenvalue weighted by molar-refractivity contribution is -0.143. The van der Waals surface area contributed by atoms with Gasteiger partial charge in [-0.05, 0) is 63.9 Å². The molecule has 33 heavy (non-hydrogen) atoms. The highest BCUT2D eigenvalue weighted by Crippen LogP contribution is 2.30. The molecule has 0 unspecified atom stereocenters. The Morgan fingerprint density at radius 1 is 1.03 bits per heavy atom. The Balaban J connectivity index is 2.11. The predicted octanol–water partition coefficient (Wildman–Crippen LogP) is 6.67. The van der Waals surface area contributed by atoms with Crippen LogP contribution >= 0.6 is 23.2 Å². The number of carbonyl (C=O) groups is 2. The summed E-state index contributed by atoms with van der Waals surface area (Å²) in [5.41, 5.74) is 1.35. The first-order valence-electron chi connectivity index (χ1n) is 10.7. The molecule has 9 heteroatoms. The SMILES string of the molecule is CCOC(=O)CCCOc1ccc(NC(=O)OC(C)(C)C)c(NCc2ccc(Cl)cc2Cl)c1. The molecule has 2 rings (SSSR count). The maximum absolute atomic E-state index is 12.3. The topological polar surface area (TPSA) is 85.9 Å². The number of hydrogen-bond acceptors (Lipinski definition) is 6. The van der Waals surface area contributed by atoms with Gasteiger partial charge >= 0.3 is 12.1 Å². The smallest absolute Gasteiger partial charge is 0.412 e. The van der Waals surface area contributed by atoms with E-state index in [0.717, 1.165) is 5.56 Å². The highest BCUT2D eigenvalue weighted by molar-refractivity contribution is 6.35. The fourth-order valence-corrected chi connectivity index (χ4v) is 3.25. The van der Waals surface area contributed by atoms with Crippen molar-refractivity contribution in [1.29, 1.82) is 0 Å². The summed E-state index contributed by atoms with van der Waals surface area (Å²) in [6.07, 6.45) is 0.241. The third-order valence-electron chi connectivity index (χ3n) is 4.21.